The highest BCUT2D eigenvalue weighted by molar-refractivity contribution is 5.42. The van der Waals surface area contributed by atoms with Gasteiger partial charge in [0.05, 0.1) is 0 Å². The van der Waals surface area contributed by atoms with E-state index in [1.165, 1.54) is 24.0 Å². The van der Waals surface area contributed by atoms with Gasteiger partial charge in [0.2, 0.25) is 0 Å². The monoisotopic (exact) mass is 275 g/mol. The third-order valence-corrected chi connectivity index (χ3v) is 4.43. The van der Waals surface area contributed by atoms with Gasteiger partial charge in [0, 0.05) is 5.92 Å². The van der Waals surface area contributed by atoms with Crippen LogP contribution >= 0.6 is 0 Å². The minimum Gasteiger partial charge on any atom is -0.490 e. The summed E-state index contributed by atoms with van der Waals surface area (Å²) >= 11 is 0. The number of nitrogens with two attached hydrogens (primary N) is 1. The van der Waals surface area contributed by atoms with Gasteiger partial charge in [-0.1, -0.05) is 39.8 Å². The molecule has 1 saturated carbocycles. The van der Waals surface area contributed by atoms with Crippen LogP contribution in [0.5, 0.6) is 5.75 Å². The fourth-order valence-electron chi connectivity index (χ4n) is 3.08. The van der Waals surface area contributed by atoms with Crippen LogP contribution in [-0.2, 0) is 11.8 Å². The highest BCUT2D eigenvalue weighted by Gasteiger charge is 2.29. The third kappa shape index (κ3) is 3.35. The molecule has 2 nitrogen and oxygen atoms in total. The third-order valence-electron chi connectivity index (χ3n) is 4.43. The normalized spacial score (nSPS) is 23.1. The maximum atomic E-state index is 6.36. The van der Waals surface area contributed by atoms with Gasteiger partial charge in [-0.05, 0) is 54.8 Å². The first-order chi connectivity index (χ1) is 9.45. The zero-order valence-corrected chi connectivity index (χ0v) is 13.4. The molecule has 0 radical (unpaired) electrons. The van der Waals surface area contributed by atoms with Crippen LogP contribution in [0.1, 0.15) is 58.1 Å². The summed E-state index contributed by atoms with van der Waals surface area (Å²) in [4.78, 5) is 0. The van der Waals surface area contributed by atoms with Gasteiger partial charge in [-0.2, -0.15) is 0 Å². The van der Waals surface area contributed by atoms with Crippen LogP contribution in [0.3, 0.4) is 0 Å². The molecule has 2 unspecified atom stereocenters. The van der Waals surface area contributed by atoms with Crippen LogP contribution in [0.2, 0.25) is 0 Å². The van der Waals surface area contributed by atoms with Crippen molar-refractivity contribution in [3.63, 3.8) is 0 Å². The van der Waals surface area contributed by atoms with Crippen molar-refractivity contribution in [2.75, 3.05) is 6.54 Å². The molecule has 1 aliphatic rings. The Kier molecular flexibility index (Phi) is 4.74. The molecule has 20 heavy (non-hydrogen) atoms. The van der Waals surface area contributed by atoms with E-state index in [4.69, 9.17) is 10.5 Å². The minimum absolute atomic E-state index is 0.108. The lowest BCUT2D eigenvalue weighted by Crippen LogP contribution is -2.28. The van der Waals surface area contributed by atoms with Crippen molar-refractivity contribution in [2.24, 2.45) is 11.7 Å². The molecule has 1 fully saturated rings. The number of ether oxygens (including phenoxy) is 1. The van der Waals surface area contributed by atoms with Gasteiger partial charge >= 0.3 is 0 Å². The van der Waals surface area contributed by atoms with Gasteiger partial charge in [-0.25, -0.2) is 0 Å². The number of hydrogen-bond acceptors (Lipinski definition) is 2. The lowest BCUT2D eigenvalue weighted by molar-refractivity contribution is 0.159. The van der Waals surface area contributed by atoms with Crippen LogP contribution in [0.25, 0.3) is 0 Å². The Morgan fingerprint density at radius 1 is 1.25 bits per heavy atom. The van der Waals surface area contributed by atoms with Gasteiger partial charge in [-0.3, -0.25) is 0 Å². The van der Waals surface area contributed by atoms with E-state index in [-0.39, 0.29) is 5.41 Å². The smallest absolute Gasteiger partial charge is 0.123 e. The van der Waals surface area contributed by atoms with Gasteiger partial charge in [0.25, 0.3) is 0 Å². The highest BCUT2D eigenvalue weighted by atomic mass is 16.5. The van der Waals surface area contributed by atoms with E-state index in [1.807, 2.05) is 0 Å². The molecular weight excluding hydrogens is 246 g/mol. The Morgan fingerprint density at radius 3 is 2.60 bits per heavy atom. The fourth-order valence-corrected chi connectivity index (χ4v) is 3.08. The van der Waals surface area contributed by atoms with E-state index in [9.17, 15) is 0 Å². The van der Waals surface area contributed by atoms with E-state index < -0.39 is 0 Å². The van der Waals surface area contributed by atoms with Crippen molar-refractivity contribution in [3.8, 4) is 5.75 Å². The number of rotatable bonds is 4. The number of aryl methyl sites for hydroxylation is 1. The molecule has 1 aromatic carbocycles. The standard InChI is InChI=1S/C18H29NO/c1-5-13-9-10-17(15(11-13)18(2,3)4)20-16-8-6-7-14(16)12-19/h9-11,14,16H,5-8,12,19H2,1-4H3. The molecule has 0 aromatic heterocycles. The maximum Gasteiger partial charge on any atom is 0.123 e. The average molecular weight is 275 g/mol. The van der Waals surface area contributed by atoms with Gasteiger partial charge in [0.1, 0.15) is 11.9 Å². The summed E-state index contributed by atoms with van der Waals surface area (Å²) in [5.74, 6) is 1.58. The van der Waals surface area contributed by atoms with E-state index in [0.29, 0.717) is 12.0 Å². The molecule has 2 N–H and O–H groups in total. The molecule has 0 aliphatic heterocycles. The summed E-state index contributed by atoms with van der Waals surface area (Å²) in [5, 5.41) is 0. The van der Waals surface area contributed by atoms with Crippen molar-refractivity contribution in [1.82, 2.24) is 0 Å². The van der Waals surface area contributed by atoms with Crippen molar-refractivity contribution in [3.05, 3.63) is 29.3 Å². The summed E-state index contributed by atoms with van der Waals surface area (Å²) in [5.41, 5.74) is 8.67. The number of hydrogen-bond donors (Lipinski definition) is 1. The summed E-state index contributed by atoms with van der Waals surface area (Å²) in [6, 6.07) is 6.66. The first kappa shape index (κ1) is 15.4. The lowest BCUT2D eigenvalue weighted by Gasteiger charge is -2.27. The van der Waals surface area contributed by atoms with Crippen LogP contribution in [0.4, 0.5) is 0 Å². The summed E-state index contributed by atoms with van der Waals surface area (Å²) in [7, 11) is 0. The van der Waals surface area contributed by atoms with Crippen molar-refractivity contribution >= 4 is 0 Å². The predicted octanol–water partition coefficient (Wildman–Crippen LogP) is 4.05. The molecule has 2 heteroatoms. The van der Waals surface area contributed by atoms with Crippen LogP contribution < -0.4 is 10.5 Å². The second-order valence-corrected chi connectivity index (χ2v) is 7.02. The fraction of sp³-hybridized carbons (Fsp3) is 0.667. The molecule has 2 atom stereocenters. The summed E-state index contributed by atoms with van der Waals surface area (Å²) in [6.07, 6.45) is 4.96. The number of benzene rings is 1. The topological polar surface area (TPSA) is 35.2 Å². The molecule has 0 saturated heterocycles. The second-order valence-electron chi connectivity index (χ2n) is 7.02. The summed E-state index contributed by atoms with van der Waals surface area (Å²) in [6.45, 7) is 9.70. The van der Waals surface area contributed by atoms with Crippen molar-refractivity contribution < 1.29 is 4.74 Å². The molecule has 2 rings (SSSR count). The van der Waals surface area contributed by atoms with E-state index in [2.05, 4.69) is 45.9 Å². The van der Waals surface area contributed by atoms with E-state index in [0.717, 1.165) is 25.1 Å². The zero-order chi connectivity index (χ0) is 14.8. The Morgan fingerprint density at radius 2 is 2.00 bits per heavy atom. The van der Waals surface area contributed by atoms with Gasteiger partial charge in [0.15, 0.2) is 0 Å². The van der Waals surface area contributed by atoms with Gasteiger partial charge < -0.3 is 10.5 Å². The Bertz CT molecular complexity index is 447. The minimum atomic E-state index is 0.108. The largest absolute Gasteiger partial charge is 0.490 e. The van der Waals surface area contributed by atoms with E-state index >= 15 is 0 Å². The van der Waals surface area contributed by atoms with Crippen molar-refractivity contribution in [2.45, 2.75) is 64.9 Å². The highest BCUT2D eigenvalue weighted by Crippen LogP contribution is 2.36. The second kappa shape index (κ2) is 6.17. The van der Waals surface area contributed by atoms with Crippen LogP contribution in [0.15, 0.2) is 18.2 Å². The molecule has 112 valence electrons. The van der Waals surface area contributed by atoms with Gasteiger partial charge in [-0.15, -0.1) is 0 Å². The molecule has 0 amide bonds. The first-order valence-corrected chi connectivity index (χ1v) is 7.95. The molecule has 0 bridgehead atoms. The first-order valence-electron chi connectivity index (χ1n) is 7.95. The van der Waals surface area contributed by atoms with E-state index in [1.54, 1.807) is 0 Å². The quantitative estimate of drug-likeness (QED) is 0.899. The SMILES string of the molecule is CCc1ccc(OC2CCCC2CN)c(C(C)(C)C)c1. The molecular formula is C18H29NO. The van der Waals surface area contributed by atoms with Crippen LogP contribution in [-0.4, -0.2) is 12.6 Å². The summed E-state index contributed by atoms with van der Waals surface area (Å²) < 4.78 is 6.36. The molecule has 1 aliphatic carbocycles. The van der Waals surface area contributed by atoms with Crippen molar-refractivity contribution in [1.29, 1.82) is 0 Å². The zero-order valence-electron chi connectivity index (χ0n) is 13.4. The molecule has 1 aromatic rings. The molecule has 0 heterocycles. The Hall–Kier alpha value is -1.02. The Labute approximate surface area is 123 Å². The maximum absolute atomic E-state index is 6.36. The Balaban J connectivity index is 2.26. The average Bonchev–Trinajstić information content (AvgIpc) is 2.85. The predicted molar refractivity (Wildman–Crippen MR) is 85.3 cm³/mol. The van der Waals surface area contributed by atoms with Crippen LogP contribution in [0, 0.1) is 5.92 Å². The lowest BCUT2D eigenvalue weighted by atomic mass is 9.85. The molecule has 0 spiro atoms.